The molecule has 4 heteroatoms. The topological polar surface area (TPSA) is 51.5 Å². The highest BCUT2D eigenvalue weighted by molar-refractivity contribution is 5.64. The van der Waals surface area contributed by atoms with Gasteiger partial charge in [0, 0.05) is 12.3 Å². The molecule has 0 fully saturated rings. The van der Waals surface area contributed by atoms with Crippen LogP contribution < -0.4 is 10.3 Å². The molecule has 0 radical (unpaired) electrons. The van der Waals surface area contributed by atoms with E-state index in [1.165, 1.54) is 0 Å². The third kappa shape index (κ3) is 2.97. The van der Waals surface area contributed by atoms with Crippen LogP contribution in [0.2, 0.25) is 0 Å². The number of aryl methyl sites for hydroxylation is 1. The predicted molar refractivity (Wildman–Crippen MR) is 90.4 cm³/mol. The Hall–Kier alpha value is -3.01. The van der Waals surface area contributed by atoms with Crippen LogP contribution >= 0.6 is 0 Å². The van der Waals surface area contributed by atoms with Crippen molar-refractivity contribution in [2.45, 2.75) is 6.92 Å². The van der Waals surface area contributed by atoms with Gasteiger partial charge in [-0.05, 0) is 60.0 Å². The molecule has 3 rings (SSSR count). The fourth-order valence-electron chi connectivity index (χ4n) is 2.54. The van der Waals surface area contributed by atoms with Gasteiger partial charge in [0.25, 0.3) is 5.56 Å². The van der Waals surface area contributed by atoms with Gasteiger partial charge in [-0.2, -0.15) is 0 Å². The zero-order valence-electron chi connectivity index (χ0n) is 13.0. The number of aromatic nitrogens is 1. The van der Waals surface area contributed by atoms with Gasteiger partial charge in [-0.15, -0.1) is 0 Å². The number of nitrogens with zero attached hydrogens (tertiary/aromatic N) is 1. The van der Waals surface area contributed by atoms with Crippen LogP contribution in [0.25, 0.3) is 16.8 Å². The molecule has 1 heterocycles. The van der Waals surface area contributed by atoms with E-state index in [-0.39, 0.29) is 11.3 Å². The minimum absolute atomic E-state index is 0.115. The molecule has 3 aromatic rings. The van der Waals surface area contributed by atoms with Crippen LogP contribution in [-0.4, -0.2) is 16.8 Å². The van der Waals surface area contributed by atoms with Gasteiger partial charge in [0.05, 0.1) is 12.8 Å². The number of rotatable bonds is 3. The molecular formula is C19H17NO3. The van der Waals surface area contributed by atoms with Gasteiger partial charge in [-0.3, -0.25) is 9.36 Å². The second-order valence-corrected chi connectivity index (χ2v) is 5.33. The molecular weight excluding hydrogens is 290 g/mol. The van der Waals surface area contributed by atoms with Crippen LogP contribution in [0, 0.1) is 6.92 Å². The number of hydrogen-bond acceptors (Lipinski definition) is 3. The fourth-order valence-corrected chi connectivity index (χ4v) is 2.54. The Bertz CT molecular complexity index is 895. The number of phenols is 1. The van der Waals surface area contributed by atoms with E-state index < -0.39 is 0 Å². The number of aromatic hydroxyl groups is 1. The molecule has 0 saturated carbocycles. The zero-order chi connectivity index (χ0) is 16.4. The van der Waals surface area contributed by atoms with Crippen LogP contribution in [0.1, 0.15) is 5.56 Å². The molecule has 0 unspecified atom stereocenters. The molecule has 0 atom stereocenters. The summed E-state index contributed by atoms with van der Waals surface area (Å²) in [4.78, 5) is 12.2. The van der Waals surface area contributed by atoms with Crippen molar-refractivity contribution in [3.63, 3.8) is 0 Å². The lowest BCUT2D eigenvalue weighted by atomic mass is 10.1. The van der Waals surface area contributed by atoms with E-state index in [1.54, 1.807) is 42.0 Å². The minimum atomic E-state index is -0.115. The Labute approximate surface area is 134 Å². The average Bonchev–Trinajstić information content (AvgIpc) is 2.56. The number of hydrogen-bond donors (Lipinski definition) is 1. The van der Waals surface area contributed by atoms with E-state index in [0.29, 0.717) is 0 Å². The monoisotopic (exact) mass is 307 g/mol. The lowest BCUT2D eigenvalue weighted by Crippen LogP contribution is -2.17. The largest absolute Gasteiger partial charge is 0.508 e. The Balaban J connectivity index is 2.10. The van der Waals surface area contributed by atoms with Gasteiger partial charge in [-0.1, -0.05) is 12.1 Å². The van der Waals surface area contributed by atoms with Crippen LogP contribution in [0.4, 0.5) is 0 Å². The Morgan fingerprint density at radius 3 is 2.30 bits per heavy atom. The predicted octanol–water partition coefficient (Wildman–Crippen LogP) is 3.53. The summed E-state index contributed by atoms with van der Waals surface area (Å²) < 4.78 is 6.76. The summed E-state index contributed by atoms with van der Waals surface area (Å²) in [6.07, 6.45) is 1.81. The van der Waals surface area contributed by atoms with Gasteiger partial charge in [-0.25, -0.2) is 0 Å². The molecule has 0 spiro atoms. The van der Waals surface area contributed by atoms with Crippen molar-refractivity contribution in [3.8, 4) is 28.3 Å². The molecule has 4 nitrogen and oxygen atoms in total. The average molecular weight is 307 g/mol. The normalized spacial score (nSPS) is 10.5. The second-order valence-electron chi connectivity index (χ2n) is 5.33. The summed E-state index contributed by atoms with van der Waals surface area (Å²) in [6, 6.07) is 16.0. The van der Waals surface area contributed by atoms with Gasteiger partial charge in [0.15, 0.2) is 0 Å². The third-order valence-electron chi connectivity index (χ3n) is 3.77. The summed E-state index contributed by atoms with van der Waals surface area (Å²) in [5.74, 6) is 0.974. The Morgan fingerprint density at radius 2 is 1.65 bits per heavy atom. The van der Waals surface area contributed by atoms with Crippen molar-refractivity contribution >= 4 is 0 Å². The van der Waals surface area contributed by atoms with Crippen molar-refractivity contribution < 1.29 is 9.84 Å². The molecule has 1 aromatic heterocycles. The zero-order valence-corrected chi connectivity index (χ0v) is 13.0. The van der Waals surface area contributed by atoms with Crippen LogP contribution in [-0.2, 0) is 0 Å². The lowest BCUT2D eigenvalue weighted by molar-refractivity contribution is 0.415. The SMILES string of the molecule is COc1ccc(-c2ccc(=O)n(-c3ccc(O)cc3C)c2)cc1. The molecule has 0 bridgehead atoms. The Kier molecular flexibility index (Phi) is 3.89. The molecule has 0 saturated heterocycles. The number of benzene rings is 2. The van der Waals surface area contributed by atoms with E-state index >= 15 is 0 Å². The van der Waals surface area contributed by atoms with E-state index in [1.807, 2.05) is 37.4 Å². The number of ether oxygens (including phenoxy) is 1. The molecule has 23 heavy (non-hydrogen) atoms. The molecule has 0 aliphatic rings. The maximum Gasteiger partial charge on any atom is 0.255 e. The summed E-state index contributed by atoms with van der Waals surface area (Å²) in [6.45, 7) is 1.86. The summed E-state index contributed by atoms with van der Waals surface area (Å²) in [7, 11) is 1.63. The Morgan fingerprint density at radius 1 is 0.957 bits per heavy atom. The summed E-state index contributed by atoms with van der Waals surface area (Å²) in [5.41, 5.74) is 3.40. The van der Waals surface area contributed by atoms with Crippen LogP contribution in [0.15, 0.2) is 65.6 Å². The van der Waals surface area contributed by atoms with Crippen molar-refractivity contribution in [2.75, 3.05) is 7.11 Å². The smallest absolute Gasteiger partial charge is 0.255 e. The number of pyridine rings is 1. The first-order valence-corrected chi connectivity index (χ1v) is 7.25. The van der Waals surface area contributed by atoms with Crippen LogP contribution in [0.5, 0.6) is 11.5 Å². The highest BCUT2D eigenvalue weighted by Gasteiger charge is 2.07. The molecule has 2 aromatic carbocycles. The van der Waals surface area contributed by atoms with Crippen molar-refractivity contribution in [3.05, 3.63) is 76.7 Å². The maximum absolute atomic E-state index is 12.2. The third-order valence-corrected chi connectivity index (χ3v) is 3.77. The summed E-state index contributed by atoms with van der Waals surface area (Å²) in [5, 5.41) is 9.54. The second kappa shape index (κ2) is 6.01. The first kappa shape index (κ1) is 14.9. The maximum atomic E-state index is 12.2. The van der Waals surface area contributed by atoms with Crippen molar-refractivity contribution in [2.24, 2.45) is 0 Å². The summed E-state index contributed by atoms with van der Waals surface area (Å²) >= 11 is 0. The quantitative estimate of drug-likeness (QED) is 0.805. The van der Waals surface area contributed by atoms with Gasteiger partial charge in [0.1, 0.15) is 11.5 Å². The molecule has 116 valence electrons. The lowest BCUT2D eigenvalue weighted by Gasteiger charge is -2.12. The van der Waals surface area contributed by atoms with E-state index in [4.69, 9.17) is 4.74 Å². The van der Waals surface area contributed by atoms with Crippen molar-refractivity contribution in [1.82, 2.24) is 4.57 Å². The minimum Gasteiger partial charge on any atom is -0.508 e. The molecule has 1 N–H and O–H groups in total. The van der Waals surface area contributed by atoms with Crippen LogP contribution in [0.3, 0.4) is 0 Å². The van der Waals surface area contributed by atoms with E-state index in [9.17, 15) is 9.90 Å². The van der Waals surface area contributed by atoms with Gasteiger partial charge in [0.2, 0.25) is 0 Å². The molecule has 0 amide bonds. The van der Waals surface area contributed by atoms with Gasteiger partial charge >= 0.3 is 0 Å². The first-order chi connectivity index (χ1) is 11.1. The highest BCUT2D eigenvalue weighted by atomic mass is 16.5. The fraction of sp³-hybridized carbons (Fsp3) is 0.105. The standard InChI is InChI=1S/C19H17NO3/c1-13-11-16(21)6-9-18(13)20-12-15(5-10-19(20)22)14-3-7-17(23-2)8-4-14/h3-12,21H,1-2H3. The first-order valence-electron chi connectivity index (χ1n) is 7.25. The van der Waals surface area contributed by atoms with Crippen molar-refractivity contribution in [1.29, 1.82) is 0 Å². The molecule has 0 aliphatic heterocycles. The number of methoxy groups -OCH3 is 1. The van der Waals surface area contributed by atoms with Gasteiger partial charge < -0.3 is 9.84 Å². The van der Waals surface area contributed by atoms with E-state index in [2.05, 4.69) is 0 Å². The number of phenolic OH excluding ortho intramolecular Hbond substituents is 1. The molecule has 0 aliphatic carbocycles. The highest BCUT2D eigenvalue weighted by Crippen LogP contribution is 2.23. The van der Waals surface area contributed by atoms with E-state index in [0.717, 1.165) is 28.1 Å².